The maximum atomic E-state index is 13.8. The molecule has 1 aromatic carbocycles. The van der Waals surface area contributed by atoms with Crippen LogP contribution in [-0.4, -0.2) is 54.4 Å². The molecule has 1 unspecified atom stereocenters. The van der Waals surface area contributed by atoms with Crippen molar-refractivity contribution in [3.8, 4) is 5.75 Å². The van der Waals surface area contributed by atoms with Crippen LogP contribution in [0, 0.1) is 11.7 Å². The van der Waals surface area contributed by atoms with E-state index in [-0.39, 0.29) is 11.8 Å². The molecule has 142 valence electrons. The van der Waals surface area contributed by atoms with Crippen LogP contribution in [0.5, 0.6) is 5.75 Å². The summed E-state index contributed by atoms with van der Waals surface area (Å²) in [4.78, 5) is 23.5. The maximum Gasteiger partial charge on any atom is 0.254 e. The molecule has 0 aliphatic carbocycles. The van der Waals surface area contributed by atoms with Crippen molar-refractivity contribution in [1.82, 2.24) is 15.3 Å². The van der Waals surface area contributed by atoms with Crippen LogP contribution in [-0.2, 0) is 0 Å². The molecular weight excluding hydrogens is 349 g/mol. The fraction of sp³-hybridized carbons (Fsp3) is 0.421. The molecule has 8 heteroatoms. The van der Waals surface area contributed by atoms with Crippen LogP contribution < -0.4 is 10.2 Å². The fourth-order valence-electron chi connectivity index (χ4n) is 3.77. The summed E-state index contributed by atoms with van der Waals surface area (Å²) in [5.41, 5.74) is 5.50. The number of guanidine groups is 1. The number of aliphatic imine (C=N–C) groups is 2. The van der Waals surface area contributed by atoms with Gasteiger partial charge in [-0.05, 0) is 38.0 Å². The van der Waals surface area contributed by atoms with Gasteiger partial charge in [-0.25, -0.2) is 24.8 Å². The van der Waals surface area contributed by atoms with Crippen molar-refractivity contribution in [1.29, 1.82) is 0 Å². The summed E-state index contributed by atoms with van der Waals surface area (Å²) in [6, 6.07) is 4.11. The van der Waals surface area contributed by atoms with E-state index in [9.17, 15) is 9.18 Å². The second-order valence-electron chi connectivity index (χ2n) is 6.90. The summed E-state index contributed by atoms with van der Waals surface area (Å²) in [5.74, 6) is 0.524. The summed E-state index contributed by atoms with van der Waals surface area (Å²) >= 11 is 0. The number of nitrogens with one attached hydrogen (secondary N) is 1. The predicted octanol–water partition coefficient (Wildman–Crippen LogP) is 2.18. The van der Waals surface area contributed by atoms with Gasteiger partial charge in [-0.3, -0.25) is 4.79 Å². The van der Waals surface area contributed by atoms with Gasteiger partial charge in [0.15, 0.2) is 0 Å². The van der Waals surface area contributed by atoms with Gasteiger partial charge in [0.2, 0.25) is 5.96 Å². The van der Waals surface area contributed by atoms with Crippen molar-refractivity contribution >= 4 is 17.6 Å². The maximum absolute atomic E-state index is 13.8. The normalized spacial score (nSPS) is 22.0. The number of hydrogen-bond acceptors (Lipinski definition) is 6. The monoisotopic (exact) mass is 371 g/mol. The SMILES string of the molecule is COc1cc(F)cc(C(=O)N2CCCC(C3=CC(C)=NC4=NCNN34)C2)c1. The molecule has 7 nitrogen and oxygen atoms in total. The number of amides is 1. The molecule has 1 fully saturated rings. The molecule has 1 atom stereocenters. The van der Waals surface area contributed by atoms with Crippen LogP contribution in [0.1, 0.15) is 30.1 Å². The standard InChI is InChI=1S/C19H22FN5O2/c1-12-6-17(25-19(23-12)21-11-22-25)13-4-3-5-24(10-13)18(26)14-7-15(20)9-16(8-14)27-2/h6-9,13,22H,3-5,10-11H2,1-2H3. The third kappa shape index (κ3) is 3.44. The number of ether oxygens (including phenoxy) is 1. The summed E-state index contributed by atoms with van der Waals surface area (Å²) in [5, 5.41) is 1.91. The van der Waals surface area contributed by atoms with Crippen LogP contribution in [0.2, 0.25) is 0 Å². The van der Waals surface area contributed by atoms with E-state index in [4.69, 9.17) is 4.74 Å². The number of carbonyl (C=O) groups excluding carboxylic acids is 1. The Morgan fingerprint density at radius 2 is 2.22 bits per heavy atom. The number of hydrogen-bond donors (Lipinski definition) is 1. The van der Waals surface area contributed by atoms with Crippen LogP contribution in [0.15, 0.2) is 40.0 Å². The first kappa shape index (κ1) is 17.7. The summed E-state index contributed by atoms with van der Waals surface area (Å²) in [6.07, 6.45) is 3.90. The quantitative estimate of drug-likeness (QED) is 0.884. The molecule has 1 saturated heterocycles. The lowest BCUT2D eigenvalue weighted by atomic mass is 9.92. The van der Waals surface area contributed by atoms with E-state index < -0.39 is 5.82 Å². The lowest BCUT2D eigenvalue weighted by Crippen LogP contribution is -2.46. The van der Waals surface area contributed by atoms with Crippen molar-refractivity contribution in [3.05, 3.63) is 41.4 Å². The highest BCUT2D eigenvalue weighted by Gasteiger charge is 2.33. The first-order chi connectivity index (χ1) is 13.0. The van der Waals surface area contributed by atoms with Gasteiger partial charge in [-0.2, -0.15) is 0 Å². The number of methoxy groups -OCH3 is 1. The second kappa shape index (κ2) is 7.11. The Morgan fingerprint density at radius 1 is 1.37 bits per heavy atom. The average Bonchev–Trinajstić information content (AvgIpc) is 3.14. The Morgan fingerprint density at radius 3 is 3.04 bits per heavy atom. The van der Waals surface area contributed by atoms with E-state index in [1.165, 1.54) is 19.2 Å². The summed E-state index contributed by atoms with van der Waals surface area (Å²) in [7, 11) is 1.46. The number of piperidine rings is 1. The van der Waals surface area contributed by atoms with Gasteiger partial charge >= 0.3 is 0 Å². The Balaban J connectivity index is 1.55. The Kier molecular flexibility index (Phi) is 4.65. The van der Waals surface area contributed by atoms with Gasteiger partial charge in [0, 0.05) is 42.0 Å². The van der Waals surface area contributed by atoms with Gasteiger partial charge in [0.25, 0.3) is 5.91 Å². The van der Waals surface area contributed by atoms with Crippen LogP contribution in [0.3, 0.4) is 0 Å². The molecular formula is C19H22FN5O2. The predicted molar refractivity (Wildman–Crippen MR) is 100 cm³/mol. The van der Waals surface area contributed by atoms with Crippen LogP contribution >= 0.6 is 0 Å². The van der Waals surface area contributed by atoms with Crippen molar-refractivity contribution in [2.45, 2.75) is 19.8 Å². The van der Waals surface area contributed by atoms with Gasteiger partial charge < -0.3 is 9.64 Å². The minimum atomic E-state index is -0.477. The lowest BCUT2D eigenvalue weighted by molar-refractivity contribution is 0.0678. The molecule has 1 aromatic rings. The van der Waals surface area contributed by atoms with E-state index in [1.807, 2.05) is 18.0 Å². The number of carbonyl (C=O) groups is 1. The average molecular weight is 371 g/mol. The molecule has 0 saturated carbocycles. The molecule has 4 rings (SSSR count). The van der Waals surface area contributed by atoms with Crippen LogP contribution in [0.25, 0.3) is 0 Å². The zero-order valence-electron chi connectivity index (χ0n) is 15.4. The molecule has 27 heavy (non-hydrogen) atoms. The Labute approximate surface area is 157 Å². The van der Waals surface area contributed by atoms with E-state index in [0.29, 0.717) is 37.0 Å². The van der Waals surface area contributed by atoms with Gasteiger partial charge in [-0.15, -0.1) is 0 Å². The zero-order valence-corrected chi connectivity index (χ0v) is 15.4. The highest BCUT2D eigenvalue weighted by molar-refractivity contribution is 6.05. The number of benzene rings is 1. The Bertz CT molecular complexity index is 864. The molecule has 1 amide bonds. The number of fused-ring (bicyclic) bond motifs is 1. The minimum absolute atomic E-state index is 0.166. The van der Waals surface area contributed by atoms with E-state index in [2.05, 4.69) is 15.4 Å². The third-order valence-electron chi connectivity index (χ3n) is 5.02. The molecule has 3 aliphatic heterocycles. The number of rotatable bonds is 3. The van der Waals surface area contributed by atoms with Crippen molar-refractivity contribution in [2.24, 2.45) is 15.9 Å². The van der Waals surface area contributed by atoms with Gasteiger partial charge in [0.05, 0.1) is 7.11 Å². The first-order valence-electron chi connectivity index (χ1n) is 9.04. The Hall–Kier alpha value is -2.74. The van der Waals surface area contributed by atoms with Gasteiger partial charge in [0.1, 0.15) is 18.2 Å². The molecule has 0 spiro atoms. The molecule has 3 aliphatic rings. The first-order valence-corrected chi connectivity index (χ1v) is 9.04. The topological polar surface area (TPSA) is 69.5 Å². The molecule has 0 bridgehead atoms. The van der Waals surface area contributed by atoms with Crippen LogP contribution in [0.4, 0.5) is 4.39 Å². The largest absolute Gasteiger partial charge is 0.497 e. The van der Waals surface area contributed by atoms with Gasteiger partial charge in [-0.1, -0.05) is 0 Å². The summed E-state index contributed by atoms with van der Waals surface area (Å²) < 4.78 is 18.9. The third-order valence-corrected chi connectivity index (χ3v) is 5.02. The van der Waals surface area contributed by atoms with E-state index >= 15 is 0 Å². The van der Waals surface area contributed by atoms with E-state index in [1.54, 1.807) is 11.0 Å². The minimum Gasteiger partial charge on any atom is -0.497 e. The number of allylic oxidation sites excluding steroid dienone is 1. The number of nitrogens with zero attached hydrogens (tertiary/aromatic N) is 4. The fourth-order valence-corrected chi connectivity index (χ4v) is 3.77. The molecule has 3 heterocycles. The number of hydrazine groups is 1. The highest BCUT2D eigenvalue weighted by atomic mass is 19.1. The number of halogens is 1. The van der Waals surface area contributed by atoms with Crippen molar-refractivity contribution in [3.63, 3.8) is 0 Å². The van der Waals surface area contributed by atoms with Crippen molar-refractivity contribution < 1.29 is 13.9 Å². The zero-order chi connectivity index (χ0) is 19.0. The molecule has 1 N–H and O–H groups in total. The second-order valence-corrected chi connectivity index (χ2v) is 6.90. The highest BCUT2D eigenvalue weighted by Crippen LogP contribution is 2.30. The molecule has 0 aromatic heterocycles. The lowest BCUT2D eigenvalue weighted by Gasteiger charge is -2.37. The molecule has 0 radical (unpaired) electrons. The smallest absolute Gasteiger partial charge is 0.254 e. The number of likely N-dealkylation sites (tertiary alicyclic amines) is 1. The summed E-state index contributed by atoms with van der Waals surface area (Å²) in [6.45, 7) is 3.68. The van der Waals surface area contributed by atoms with E-state index in [0.717, 1.165) is 24.3 Å². The van der Waals surface area contributed by atoms with Crippen molar-refractivity contribution in [2.75, 3.05) is 26.9 Å².